The number of aromatic hydroxyl groups is 2. The van der Waals surface area contributed by atoms with E-state index in [1.807, 2.05) is 6.07 Å². The van der Waals surface area contributed by atoms with Crippen molar-refractivity contribution >= 4 is 0 Å². The predicted octanol–water partition coefficient (Wildman–Crippen LogP) is 2.09. The molecule has 2 rings (SSSR count). The molecule has 1 aliphatic rings. The van der Waals surface area contributed by atoms with E-state index < -0.39 is 0 Å². The summed E-state index contributed by atoms with van der Waals surface area (Å²) < 4.78 is 0. The van der Waals surface area contributed by atoms with Crippen LogP contribution >= 0.6 is 0 Å². The number of benzene rings is 1. The van der Waals surface area contributed by atoms with Gasteiger partial charge in [-0.2, -0.15) is 0 Å². The monoisotopic (exact) mass is 264 g/mol. The molecule has 19 heavy (non-hydrogen) atoms. The Morgan fingerprint density at radius 3 is 2.47 bits per heavy atom. The van der Waals surface area contributed by atoms with E-state index in [9.17, 15) is 10.2 Å². The molecule has 1 fully saturated rings. The van der Waals surface area contributed by atoms with E-state index in [0.717, 1.165) is 38.2 Å². The lowest BCUT2D eigenvalue weighted by Crippen LogP contribution is -2.46. The Morgan fingerprint density at radius 1 is 1.21 bits per heavy atom. The lowest BCUT2D eigenvalue weighted by atomic mass is 9.90. The lowest BCUT2D eigenvalue weighted by Gasteiger charge is -2.38. The van der Waals surface area contributed by atoms with Gasteiger partial charge in [-0.1, -0.05) is 26.3 Å². The fourth-order valence-electron chi connectivity index (χ4n) is 2.81. The first-order valence-corrected chi connectivity index (χ1v) is 7.10. The van der Waals surface area contributed by atoms with Gasteiger partial charge in [0.25, 0.3) is 0 Å². The van der Waals surface area contributed by atoms with Gasteiger partial charge in [-0.25, -0.2) is 0 Å². The normalized spacial score (nSPS) is 20.1. The summed E-state index contributed by atoms with van der Waals surface area (Å²) in [5, 5.41) is 22.5. The number of nitrogens with one attached hydrogen (secondary N) is 1. The minimum Gasteiger partial charge on any atom is -0.504 e. The van der Waals surface area contributed by atoms with Crippen LogP contribution < -0.4 is 5.32 Å². The molecule has 1 aliphatic heterocycles. The molecular weight excluding hydrogens is 240 g/mol. The van der Waals surface area contributed by atoms with E-state index in [4.69, 9.17) is 0 Å². The van der Waals surface area contributed by atoms with Crippen molar-refractivity contribution in [2.45, 2.75) is 26.3 Å². The van der Waals surface area contributed by atoms with Crippen LogP contribution in [0.25, 0.3) is 0 Å². The highest BCUT2D eigenvalue weighted by Gasteiger charge is 2.26. The summed E-state index contributed by atoms with van der Waals surface area (Å²) in [5.74, 6) is 0.440. The summed E-state index contributed by atoms with van der Waals surface area (Å²) >= 11 is 0. The van der Waals surface area contributed by atoms with Crippen LogP contribution in [-0.4, -0.2) is 41.3 Å². The van der Waals surface area contributed by atoms with E-state index >= 15 is 0 Å². The second-order valence-corrected chi connectivity index (χ2v) is 5.36. The van der Waals surface area contributed by atoms with Crippen molar-refractivity contribution in [1.82, 2.24) is 10.2 Å². The number of phenolic OH excluding ortho intramolecular Hbond substituents is 2. The summed E-state index contributed by atoms with van der Waals surface area (Å²) in [6.45, 7) is 8.51. The molecular formula is C15H24N2O2. The minimum atomic E-state index is -0.0491. The molecule has 1 aromatic carbocycles. The van der Waals surface area contributed by atoms with Crippen LogP contribution in [0.3, 0.4) is 0 Å². The highest BCUT2D eigenvalue weighted by atomic mass is 16.3. The zero-order valence-corrected chi connectivity index (χ0v) is 11.8. The smallest absolute Gasteiger partial charge is 0.157 e. The van der Waals surface area contributed by atoms with Crippen LogP contribution in [0.5, 0.6) is 11.5 Å². The Balaban J connectivity index is 2.27. The Morgan fingerprint density at radius 2 is 1.89 bits per heavy atom. The summed E-state index contributed by atoms with van der Waals surface area (Å²) in [4.78, 5) is 2.47. The van der Waals surface area contributed by atoms with Gasteiger partial charge in [-0.15, -0.1) is 0 Å². The SMILES string of the molecule is CCC(C)[C@@H](c1ccc(O)c(O)c1)N1CCNCC1. The summed E-state index contributed by atoms with van der Waals surface area (Å²) in [7, 11) is 0. The number of hydrogen-bond donors (Lipinski definition) is 3. The van der Waals surface area contributed by atoms with E-state index in [-0.39, 0.29) is 11.5 Å². The number of phenols is 2. The third kappa shape index (κ3) is 3.19. The van der Waals surface area contributed by atoms with Gasteiger partial charge >= 0.3 is 0 Å². The zero-order chi connectivity index (χ0) is 13.8. The van der Waals surface area contributed by atoms with Crippen LogP contribution in [0.1, 0.15) is 31.9 Å². The van der Waals surface area contributed by atoms with Gasteiger partial charge in [-0.05, 0) is 23.6 Å². The van der Waals surface area contributed by atoms with Crippen molar-refractivity contribution in [2.75, 3.05) is 26.2 Å². The van der Waals surface area contributed by atoms with Crippen LogP contribution in [0.4, 0.5) is 0 Å². The number of hydrogen-bond acceptors (Lipinski definition) is 4. The van der Waals surface area contributed by atoms with Crippen molar-refractivity contribution in [3.05, 3.63) is 23.8 Å². The molecule has 0 bridgehead atoms. The molecule has 106 valence electrons. The summed E-state index contributed by atoms with van der Waals surface area (Å²) in [6.07, 6.45) is 1.09. The van der Waals surface area contributed by atoms with Crippen molar-refractivity contribution in [2.24, 2.45) is 5.92 Å². The first-order chi connectivity index (χ1) is 9.13. The zero-order valence-electron chi connectivity index (χ0n) is 11.8. The van der Waals surface area contributed by atoms with Gasteiger partial charge in [0.05, 0.1) is 0 Å². The maximum atomic E-state index is 9.72. The fraction of sp³-hybridized carbons (Fsp3) is 0.600. The predicted molar refractivity (Wildman–Crippen MR) is 76.4 cm³/mol. The fourth-order valence-corrected chi connectivity index (χ4v) is 2.81. The molecule has 2 atom stereocenters. The molecule has 0 aromatic heterocycles. The molecule has 0 saturated carbocycles. The number of piperazine rings is 1. The maximum Gasteiger partial charge on any atom is 0.157 e. The Kier molecular flexibility index (Phi) is 4.66. The van der Waals surface area contributed by atoms with Gasteiger partial charge in [0.15, 0.2) is 11.5 Å². The van der Waals surface area contributed by atoms with Gasteiger partial charge in [0, 0.05) is 32.2 Å². The first kappa shape index (κ1) is 14.2. The van der Waals surface area contributed by atoms with Gasteiger partial charge in [0.2, 0.25) is 0 Å². The Bertz CT molecular complexity index is 417. The van der Waals surface area contributed by atoms with Gasteiger partial charge < -0.3 is 15.5 Å². The largest absolute Gasteiger partial charge is 0.504 e. The number of rotatable bonds is 4. The van der Waals surface area contributed by atoms with Crippen molar-refractivity contribution in [1.29, 1.82) is 0 Å². The standard InChI is InChI=1S/C15H24N2O2/c1-3-11(2)15(17-8-6-16-7-9-17)12-4-5-13(18)14(19)10-12/h4-5,10-11,15-16,18-19H,3,6-9H2,1-2H3/t11?,15-/m0/s1. The second-order valence-electron chi connectivity index (χ2n) is 5.36. The van der Waals surface area contributed by atoms with E-state index in [0.29, 0.717) is 12.0 Å². The Labute approximate surface area is 115 Å². The first-order valence-electron chi connectivity index (χ1n) is 7.10. The van der Waals surface area contributed by atoms with Crippen molar-refractivity contribution < 1.29 is 10.2 Å². The quantitative estimate of drug-likeness (QED) is 0.729. The van der Waals surface area contributed by atoms with Crippen LogP contribution in [0, 0.1) is 5.92 Å². The van der Waals surface area contributed by atoms with Crippen LogP contribution in [0.15, 0.2) is 18.2 Å². The highest BCUT2D eigenvalue weighted by molar-refractivity contribution is 5.41. The Hall–Kier alpha value is -1.26. The molecule has 4 heteroatoms. The minimum absolute atomic E-state index is 0.0269. The highest BCUT2D eigenvalue weighted by Crippen LogP contribution is 2.35. The average Bonchev–Trinajstić information content (AvgIpc) is 2.44. The van der Waals surface area contributed by atoms with Crippen LogP contribution in [0.2, 0.25) is 0 Å². The molecule has 1 unspecified atom stereocenters. The molecule has 4 nitrogen and oxygen atoms in total. The third-order valence-electron chi connectivity index (χ3n) is 4.07. The van der Waals surface area contributed by atoms with Gasteiger partial charge in [0.1, 0.15) is 0 Å². The topological polar surface area (TPSA) is 55.7 Å². The average molecular weight is 264 g/mol. The van der Waals surface area contributed by atoms with Crippen LogP contribution in [-0.2, 0) is 0 Å². The lowest BCUT2D eigenvalue weighted by molar-refractivity contribution is 0.128. The molecule has 1 aromatic rings. The molecule has 0 radical (unpaired) electrons. The van der Waals surface area contributed by atoms with E-state index in [1.165, 1.54) is 0 Å². The van der Waals surface area contributed by atoms with Crippen molar-refractivity contribution in [3.8, 4) is 11.5 Å². The van der Waals surface area contributed by atoms with Crippen molar-refractivity contribution in [3.63, 3.8) is 0 Å². The molecule has 0 amide bonds. The molecule has 0 spiro atoms. The summed E-state index contributed by atoms with van der Waals surface area (Å²) in [5.41, 5.74) is 1.09. The molecule has 0 aliphatic carbocycles. The summed E-state index contributed by atoms with van der Waals surface area (Å²) in [6, 6.07) is 5.52. The van der Waals surface area contributed by atoms with E-state index in [2.05, 4.69) is 24.1 Å². The molecule has 3 N–H and O–H groups in total. The van der Waals surface area contributed by atoms with Gasteiger partial charge in [-0.3, -0.25) is 4.90 Å². The third-order valence-corrected chi connectivity index (χ3v) is 4.07. The number of nitrogens with zero attached hydrogens (tertiary/aromatic N) is 1. The van der Waals surface area contributed by atoms with E-state index in [1.54, 1.807) is 12.1 Å². The maximum absolute atomic E-state index is 9.72. The molecule has 1 heterocycles. The second kappa shape index (κ2) is 6.26. The molecule has 1 saturated heterocycles.